The van der Waals surface area contributed by atoms with Crippen molar-refractivity contribution >= 4 is 5.97 Å². The van der Waals surface area contributed by atoms with Gasteiger partial charge < -0.3 is 20.1 Å². The largest absolute Gasteiger partial charge is 0.481 e. The number of aliphatic hydroxyl groups excluding tert-OH is 2. The van der Waals surface area contributed by atoms with Crippen molar-refractivity contribution in [1.29, 1.82) is 0 Å². The second kappa shape index (κ2) is 12.6. The van der Waals surface area contributed by atoms with E-state index in [1.54, 1.807) is 30.4 Å². The van der Waals surface area contributed by atoms with Crippen LogP contribution in [0.15, 0.2) is 36.5 Å². The van der Waals surface area contributed by atoms with Crippen LogP contribution in [0.25, 0.3) is 0 Å². The Balaban J connectivity index is 3.80. The summed E-state index contributed by atoms with van der Waals surface area (Å²) in [6.07, 6.45) is 9.39. The van der Waals surface area contributed by atoms with Gasteiger partial charge in [0.25, 0.3) is 0 Å². The van der Waals surface area contributed by atoms with Crippen LogP contribution in [0.2, 0.25) is 0 Å². The van der Waals surface area contributed by atoms with Gasteiger partial charge in [-0.25, -0.2) is 0 Å². The molecule has 0 aliphatic rings. The first-order valence-corrected chi connectivity index (χ1v) is 6.73. The number of aliphatic carboxylic acids is 1. The van der Waals surface area contributed by atoms with Gasteiger partial charge in [0.1, 0.15) is 0 Å². The van der Waals surface area contributed by atoms with Crippen LogP contribution in [0.3, 0.4) is 0 Å². The molecule has 0 aromatic heterocycles. The molecule has 0 rings (SSSR count). The maximum atomic E-state index is 10.3. The van der Waals surface area contributed by atoms with E-state index in [-0.39, 0.29) is 12.8 Å². The predicted molar refractivity (Wildman–Crippen MR) is 77.4 cm³/mol. The third-order valence-corrected chi connectivity index (χ3v) is 2.42. The summed E-state index contributed by atoms with van der Waals surface area (Å²) in [5.74, 6) is -0.919. The van der Waals surface area contributed by atoms with E-state index in [9.17, 15) is 15.0 Å². The van der Waals surface area contributed by atoms with Gasteiger partial charge in [-0.05, 0) is 13.3 Å². The number of carboxylic acid groups (broad SMARTS) is 1. The molecule has 20 heavy (non-hydrogen) atoms. The number of carbonyl (C=O) groups is 1. The number of hydrogen-bond donors (Lipinski definition) is 3. The van der Waals surface area contributed by atoms with Crippen LogP contribution in [0.1, 0.15) is 26.2 Å². The smallest absolute Gasteiger partial charge is 0.303 e. The maximum Gasteiger partial charge on any atom is 0.303 e. The third kappa shape index (κ3) is 13.0. The Morgan fingerprint density at radius 1 is 1.05 bits per heavy atom. The molecule has 0 radical (unpaired) electrons. The third-order valence-electron chi connectivity index (χ3n) is 2.42. The van der Waals surface area contributed by atoms with Crippen LogP contribution in [0, 0.1) is 0 Å². The summed E-state index contributed by atoms with van der Waals surface area (Å²) in [4.78, 5) is 10.3. The Bertz CT molecular complexity index is 333. The Morgan fingerprint density at radius 3 is 2.10 bits per heavy atom. The first-order chi connectivity index (χ1) is 9.56. The number of aliphatic hydroxyl groups is 2. The van der Waals surface area contributed by atoms with Crippen molar-refractivity contribution in [1.82, 2.24) is 0 Å². The second-order valence-electron chi connectivity index (χ2n) is 4.21. The quantitative estimate of drug-likeness (QED) is 0.397. The van der Waals surface area contributed by atoms with Gasteiger partial charge in [-0.3, -0.25) is 4.79 Å². The lowest BCUT2D eigenvalue weighted by Crippen LogP contribution is -2.06. The van der Waals surface area contributed by atoms with E-state index in [0.717, 1.165) is 0 Å². The van der Waals surface area contributed by atoms with Crippen LogP contribution in [0.4, 0.5) is 0 Å². The Labute approximate surface area is 119 Å². The van der Waals surface area contributed by atoms with Crippen molar-refractivity contribution in [2.75, 3.05) is 13.2 Å². The molecule has 3 N–H and O–H groups in total. The van der Waals surface area contributed by atoms with Crippen LogP contribution in [0.5, 0.6) is 0 Å². The van der Waals surface area contributed by atoms with E-state index in [1.165, 1.54) is 6.08 Å². The highest BCUT2D eigenvalue weighted by Crippen LogP contribution is 1.99. The molecule has 5 heteroatoms. The molecular formula is C15H24O5. The first kappa shape index (κ1) is 18.6. The van der Waals surface area contributed by atoms with Gasteiger partial charge in [-0.15, -0.1) is 0 Å². The monoisotopic (exact) mass is 284 g/mol. The van der Waals surface area contributed by atoms with Crippen molar-refractivity contribution < 1.29 is 24.9 Å². The zero-order chi connectivity index (χ0) is 15.2. The molecule has 0 spiro atoms. The molecule has 0 aliphatic carbocycles. The summed E-state index contributed by atoms with van der Waals surface area (Å²) in [5, 5.41) is 27.4. The predicted octanol–water partition coefficient (Wildman–Crippen LogP) is 1.67. The molecule has 0 saturated carbocycles. The summed E-state index contributed by atoms with van der Waals surface area (Å²) in [7, 11) is 0. The number of allylic oxidation sites excluding steroid dienone is 4. The number of ether oxygens (including phenoxy) is 1. The molecule has 0 amide bonds. The zero-order valence-electron chi connectivity index (χ0n) is 11.8. The fourth-order valence-corrected chi connectivity index (χ4v) is 1.33. The van der Waals surface area contributed by atoms with E-state index in [4.69, 9.17) is 9.84 Å². The average Bonchev–Trinajstić information content (AvgIpc) is 2.40. The molecule has 0 fully saturated rings. The first-order valence-electron chi connectivity index (χ1n) is 6.73. The molecule has 0 aromatic rings. The minimum Gasteiger partial charge on any atom is -0.481 e. The van der Waals surface area contributed by atoms with E-state index in [0.29, 0.717) is 19.6 Å². The Kier molecular flexibility index (Phi) is 11.7. The lowest BCUT2D eigenvalue weighted by molar-refractivity contribution is -0.137. The van der Waals surface area contributed by atoms with Gasteiger partial charge >= 0.3 is 5.97 Å². The fraction of sp³-hybridized carbons (Fsp3) is 0.533. The number of hydrogen-bond acceptors (Lipinski definition) is 4. The molecule has 0 aliphatic heterocycles. The van der Waals surface area contributed by atoms with Gasteiger partial charge in [0.15, 0.2) is 0 Å². The topological polar surface area (TPSA) is 87.0 Å². The van der Waals surface area contributed by atoms with Crippen LogP contribution in [-0.4, -0.2) is 46.7 Å². The Morgan fingerprint density at radius 2 is 1.60 bits per heavy atom. The SMILES string of the molecule is CCOCCC(O)/C=C/C=C\C=C\C(O)CCC(=O)O. The van der Waals surface area contributed by atoms with Crippen molar-refractivity contribution in [3.63, 3.8) is 0 Å². The maximum absolute atomic E-state index is 10.3. The van der Waals surface area contributed by atoms with Crippen molar-refractivity contribution in [3.05, 3.63) is 36.5 Å². The van der Waals surface area contributed by atoms with Crippen LogP contribution < -0.4 is 0 Å². The van der Waals surface area contributed by atoms with E-state index in [1.807, 2.05) is 6.92 Å². The van der Waals surface area contributed by atoms with Crippen molar-refractivity contribution in [2.45, 2.75) is 38.4 Å². The fourth-order valence-electron chi connectivity index (χ4n) is 1.33. The summed E-state index contributed by atoms with van der Waals surface area (Å²) in [6.45, 7) is 3.08. The minimum absolute atomic E-state index is 0.0544. The van der Waals surface area contributed by atoms with Gasteiger partial charge in [0.2, 0.25) is 0 Å². The summed E-state index contributed by atoms with van der Waals surface area (Å²) < 4.78 is 5.12. The average molecular weight is 284 g/mol. The van der Waals surface area contributed by atoms with E-state index >= 15 is 0 Å². The molecule has 0 saturated heterocycles. The highest BCUT2D eigenvalue weighted by molar-refractivity contribution is 5.66. The van der Waals surface area contributed by atoms with Gasteiger partial charge in [-0.2, -0.15) is 0 Å². The van der Waals surface area contributed by atoms with Gasteiger partial charge in [0, 0.05) is 26.1 Å². The highest BCUT2D eigenvalue weighted by atomic mass is 16.5. The molecule has 0 bridgehead atoms. The van der Waals surface area contributed by atoms with Crippen molar-refractivity contribution in [2.24, 2.45) is 0 Å². The van der Waals surface area contributed by atoms with Gasteiger partial charge in [0.05, 0.1) is 12.2 Å². The molecule has 5 nitrogen and oxygen atoms in total. The molecule has 0 heterocycles. The summed E-state index contributed by atoms with van der Waals surface area (Å²) in [5.41, 5.74) is 0. The normalized spacial score (nSPS) is 15.3. The van der Waals surface area contributed by atoms with Gasteiger partial charge in [-0.1, -0.05) is 36.5 Å². The lowest BCUT2D eigenvalue weighted by atomic mass is 10.2. The summed E-state index contributed by atoms with van der Waals surface area (Å²) in [6, 6.07) is 0. The standard InChI is InChI=1S/C15H24O5/c1-2-20-12-11-14(17)8-6-4-3-5-7-13(16)9-10-15(18)19/h3-8,13-14,16-17H,2,9-12H2,1H3,(H,18,19)/b4-3-,7-5+,8-6+. The van der Waals surface area contributed by atoms with Crippen LogP contribution in [-0.2, 0) is 9.53 Å². The number of rotatable bonds is 11. The highest BCUT2D eigenvalue weighted by Gasteiger charge is 2.02. The zero-order valence-corrected chi connectivity index (χ0v) is 11.8. The lowest BCUT2D eigenvalue weighted by Gasteiger charge is -2.04. The van der Waals surface area contributed by atoms with Crippen molar-refractivity contribution in [3.8, 4) is 0 Å². The number of carboxylic acids is 1. The molecule has 0 aromatic carbocycles. The van der Waals surface area contributed by atoms with E-state index < -0.39 is 18.2 Å². The Hall–Kier alpha value is -1.43. The molecule has 2 unspecified atom stereocenters. The molecular weight excluding hydrogens is 260 g/mol. The summed E-state index contributed by atoms with van der Waals surface area (Å²) >= 11 is 0. The van der Waals surface area contributed by atoms with E-state index in [2.05, 4.69) is 0 Å². The minimum atomic E-state index is -0.919. The molecule has 2 atom stereocenters. The molecule has 114 valence electrons. The van der Waals surface area contributed by atoms with Crippen LogP contribution >= 0.6 is 0 Å². The second-order valence-corrected chi connectivity index (χ2v) is 4.21.